The van der Waals surface area contributed by atoms with Crippen molar-refractivity contribution in [1.82, 2.24) is 4.98 Å². The van der Waals surface area contributed by atoms with Crippen LogP contribution in [-0.2, 0) is 4.74 Å². The maximum Gasteiger partial charge on any atom is 0.375 e. The Hall–Kier alpha value is -1.32. The normalized spacial score (nSPS) is 15.8. The molecule has 4 heteroatoms. The summed E-state index contributed by atoms with van der Waals surface area (Å²) >= 11 is 0. The van der Waals surface area contributed by atoms with Gasteiger partial charge < -0.3 is 9.15 Å². The molecular weight excluding hydrogens is 170 g/mol. The van der Waals surface area contributed by atoms with E-state index < -0.39 is 5.97 Å². The zero-order chi connectivity index (χ0) is 9.26. The molecule has 4 nitrogen and oxygen atoms in total. The van der Waals surface area contributed by atoms with E-state index in [1.54, 1.807) is 6.92 Å². The third kappa shape index (κ3) is 1.71. The topological polar surface area (TPSA) is 52.3 Å². The molecule has 1 saturated carbocycles. The van der Waals surface area contributed by atoms with E-state index in [2.05, 4.69) is 4.98 Å². The molecule has 0 aliphatic heterocycles. The summed E-state index contributed by atoms with van der Waals surface area (Å²) in [5.74, 6) is 0.886. The van der Waals surface area contributed by atoms with Crippen LogP contribution in [-0.4, -0.2) is 17.6 Å². The van der Waals surface area contributed by atoms with Gasteiger partial charge in [0.05, 0.1) is 12.8 Å². The maximum atomic E-state index is 11.1. The molecule has 1 aromatic rings. The van der Waals surface area contributed by atoms with Crippen molar-refractivity contribution >= 4 is 5.97 Å². The fraction of sp³-hybridized carbons (Fsp3) is 0.556. The van der Waals surface area contributed by atoms with Crippen LogP contribution in [0.25, 0.3) is 0 Å². The number of esters is 1. The number of nitrogens with zero attached hydrogens (tertiary/aromatic N) is 1. The first-order valence-corrected chi connectivity index (χ1v) is 4.44. The van der Waals surface area contributed by atoms with Gasteiger partial charge in [-0.3, -0.25) is 0 Å². The van der Waals surface area contributed by atoms with Gasteiger partial charge in [-0.15, -0.1) is 0 Å². The lowest BCUT2D eigenvalue weighted by molar-refractivity contribution is 0.0488. The fourth-order valence-electron chi connectivity index (χ4n) is 1.10. The molecule has 0 saturated heterocycles. The van der Waals surface area contributed by atoms with Crippen molar-refractivity contribution in [2.24, 2.45) is 0 Å². The standard InChI is InChI=1S/C9H11NO3/c1-2-12-9(11)7-5-10-8(13-7)6-3-4-6/h5-6H,2-4H2,1H3. The Morgan fingerprint density at radius 2 is 2.54 bits per heavy atom. The summed E-state index contributed by atoms with van der Waals surface area (Å²) in [6, 6.07) is 0. The van der Waals surface area contributed by atoms with Gasteiger partial charge in [-0.25, -0.2) is 9.78 Å². The molecule has 0 bridgehead atoms. The first kappa shape index (κ1) is 8.29. The van der Waals surface area contributed by atoms with Crippen LogP contribution in [0.3, 0.4) is 0 Å². The Balaban J connectivity index is 2.07. The Morgan fingerprint density at radius 3 is 3.15 bits per heavy atom. The number of rotatable bonds is 3. The number of hydrogen-bond donors (Lipinski definition) is 0. The lowest BCUT2D eigenvalue weighted by atomic mass is 10.4. The molecule has 1 aliphatic rings. The summed E-state index contributed by atoms with van der Waals surface area (Å²) in [5.41, 5.74) is 0. The van der Waals surface area contributed by atoms with Gasteiger partial charge in [-0.05, 0) is 19.8 Å². The van der Waals surface area contributed by atoms with Crippen molar-refractivity contribution < 1.29 is 13.9 Å². The second-order valence-corrected chi connectivity index (χ2v) is 3.06. The number of aromatic nitrogens is 1. The molecule has 0 radical (unpaired) electrons. The van der Waals surface area contributed by atoms with Gasteiger partial charge in [0.15, 0.2) is 5.89 Å². The number of carbonyl (C=O) groups is 1. The summed E-state index contributed by atoms with van der Waals surface area (Å²) in [5, 5.41) is 0. The highest BCUT2D eigenvalue weighted by molar-refractivity contribution is 5.85. The Bertz CT molecular complexity index is 314. The van der Waals surface area contributed by atoms with E-state index in [4.69, 9.17) is 9.15 Å². The highest BCUT2D eigenvalue weighted by Gasteiger charge is 2.29. The van der Waals surface area contributed by atoms with E-state index in [1.165, 1.54) is 6.20 Å². The summed E-state index contributed by atoms with van der Waals surface area (Å²) in [7, 11) is 0. The van der Waals surface area contributed by atoms with Crippen LogP contribution in [0.4, 0.5) is 0 Å². The van der Waals surface area contributed by atoms with E-state index in [9.17, 15) is 4.79 Å². The monoisotopic (exact) mass is 181 g/mol. The molecule has 0 amide bonds. The molecule has 1 aliphatic carbocycles. The third-order valence-electron chi connectivity index (χ3n) is 1.93. The Labute approximate surface area is 75.9 Å². The number of ether oxygens (including phenoxy) is 1. The molecule has 0 unspecified atom stereocenters. The SMILES string of the molecule is CCOC(=O)c1cnc(C2CC2)o1. The van der Waals surface area contributed by atoms with Gasteiger partial charge in [-0.2, -0.15) is 0 Å². The lowest BCUT2D eigenvalue weighted by Gasteiger charge is -1.95. The Morgan fingerprint density at radius 1 is 1.77 bits per heavy atom. The minimum absolute atomic E-state index is 0.212. The van der Waals surface area contributed by atoms with Crippen molar-refractivity contribution in [3.05, 3.63) is 17.8 Å². The summed E-state index contributed by atoms with van der Waals surface area (Å²) in [4.78, 5) is 15.2. The van der Waals surface area contributed by atoms with Gasteiger partial charge in [0.2, 0.25) is 5.76 Å². The van der Waals surface area contributed by atoms with Crippen molar-refractivity contribution in [3.8, 4) is 0 Å². The zero-order valence-electron chi connectivity index (χ0n) is 7.45. The lowest BCUT2D eigenvalue weighted by Crippen LogP contribution is -2.02. The van der Waals surface area contributed by atoms with Crippen molar-refractivity contribution in [2.75, 3.05) is 6.61 Å². The summed E-state index contributed by atoms with van der Waals surface area (Å²) in [6.07, 6.45) is 3.66. The average molecular weight is 181 g/mol. The van der Waals surface area contributed by atoms with Gasteiger partial charge in [0.1, 0.15) is 0 Å². The van der Waals surface area contributed by atoms with E-state index >= 15 is 0 Å². The second kappa shape index (κ2) is 3.20. The molecule has 0 aromatic carbocycles. The van der Waals surface area contributed by atoms with Gasteiger partial charge in [0.25, 0.3) is 0 Å². The smallest absolute Gasteiger partial charge is 0.375 e. The van der Waals surface area contributed by atoms with Crippen molar-refractivity contribution in [1.29, 1.82) is 0 Å². The third-order valence-corrected chi connectivity index (χ3v) is 1.93. The van der Waals surface area contributed by atoms with Crippen LogP contribution in [0.15, 0.2) is 10.6 Å². The predicted octanol–water partition coefficient (Wildman–Crippen LogP) is 1.73. The Kier molecular flexibility index (Phi) is 2.04. The molecule has 2 rings (SSSR count). The van der Waals surface area contributed by atoms with E-state index in [1.807, 2.05) is 0 Å². The fourth-order valence-corrected chi connectivity index (χ4v) is 1.10. The van der Waals surface area contributed by atoms with E-state index in [0.717, 1.165) is 12.8 Å². The predicted molar refractivity (Wildman–Crippen MR) is 44.4 cm³/mol. The molecule has 1 heterocycles. The van der Waals surface area contributed by atoms with Crippen molar-refractivity contribution in [3.63, 3.8) is 0 Å². The molecule has 1 fully saturated rings. The number of oxazole rings is 1. The van der Waals surface area contributed by atoms with Gasteiger partial charge in [-0.1, -0.05) is 0 Å². The molecular formula is C9H11NO3. The molecule has 70 valence electrons. The molecule has 1 aromatic heterocycles. The average Bonchev–Trinajstić information content (AvgIpc) is 2.84. The van der Waals surface area contributed by atoms with Gasteiger partial charge >= 0.3 is 5.97 Å². The van der Waals surface area contributed by atoms with Crippen LogP contribution < -0.4 is 0 Å². The zero-order valence-corrected chi connectivity index (χ0v) is 7.45. The first-order chi connectivity index (χ1) is 6.31. The quantitative estimate of drug-likeness (QED) is 0.666. The number of hydrogen-bond acceptors (Lipinski definition) is 4. The van der Waals surface area contributed by atoms with Crippen LogP contribution in [0.2, 0.25) is 0 Å². The van der Waals surface area contributed by atoms with Crippen molar-refractivity contribution in [2.45, 2.75) is 25.7 Å². The van der Waals surface area contributed by atoms with Crippen LogP contribution in [0.1, 0.15) is 42.1 Å². The molecule has 0 atom stereocenters. The molecule has 13 heavy (non-hydrogen) atoms. The number of carbonyl (C=O) groups excluding carboxylic acids is 1. The molecule has 0 spiro atoms. The largest absolute Gasteiger partial charge is 0.460 e. The van der Waals surface area contributed by atoms with E-state index in [-0.39, 0.29) is 5.76 Å². The van der Waals surface area contributed by atoms with Gasteiger partial charge in [0, 0.05) is 5.92 Å². The summed E-state index contributed by atoms with van der Waals surface area (Å²) in [6.45, 7) is 2.12. The van der Waals surface area contributed by atoms with Crippen LogP contribution in [0.5, 0.6) is 0 Å². The minimum Gasteiger partial charge on any atom is -0.460 e. The minimum atomic E-state index is -0.429. The summed E-state index contributed by atoms with van der Waals surface area (Å²) < 4.78 is 10.0. The highest BCUT2D eigenvalue weighted by atomic mass is 16.5. The highest BCUT2D eigenvalue weighted by Crippen LogP contribution is 2.39. The second-order valence-electron chi connectivity index (χ2n) is 3.06. The van der Waals surface area contributed by atoms with E-state index in [0.29, 0.717) is 18.4 Å². The van der Waals surface area contributed by atoms with Crippen LogP contribution >= 0.6 is 0 Å². The first-order valence-electron chi connectivity index (χ1n) is 4.44. The maximum absolute atomic E-state index is 11.1. The molecule has 0 N–H and O–H groups in total. The van der Waals surface area contributed by atoms with Crippen LogP contribution in [0, 0.1) is 0 Å².